The first-order chi connectivity index (χ1) is 15.4. The topological polar surface area (TPSA) is 90.5 Å². The highest BCUT2D eigenvalue weighted by molar-refractivity contribution is 5.96. The van der Waals surface area contributed by atoms with Crippen LogP contribution in [0.3, 0.4) is 0 Å². The largest absolute Gasteiger partial charge is 0.448 e. The van der Waals surface area contributed by atoms with E-state index in [0.29, 0.717) is 11.3 Å². The predicted octanol–water partition coefficient (Wildman–Crippen LogP) is 4.87. The highest BCUT2D eigenvalue weighted by Crippen LogP contribution is 2.40. The molecular weight excluding hydrogens is 420 g/mol. The molecule has 1 saturated carbocycles. The van der Waals surface area contributed by atoms with Crippen molar-refractivity contribution in [1.82, 2.24) is 19.2 Å². The average molecular weight is 445 g/mol. The first-order valence-corrected chi connectivity index (χ1v) is 10.7. The molecule has 0 radical (unpaired) electrons. The van der Waals surface area contributed by atoms with Crippen LogP contribution in [0.5, 0.6) is 0 Å². The molecule has 3 heterocycles. The first-order valence-electron chi connectivity index (χ1n) is 10.7. The Labute approximate surface area is 183 Å². The lowest BCUT2D eigenvalue weighted by Crippen LogP contribution is -2.24. The summed E-state index contributed by atoms with van der Waals surface area (Å²) in [6, 6.07) is 4.31. The third-order valence-electron chi connectivity index (χ3n) is 5.46. The Kier molecular flexibility index (Phi) is 6.20. The van der Waals surface area contributed by atoms with E-state index in [1.165, 1.54) is 18.3 Å². The van der Waals surface area contributed by atoms with E-state index in [1.807, 2.05) is 6.92 Å². The van der Waals surface area contributed by atoms with E-state index in [1.54, 1.807) is 23.6 Å². The van der Waals surface area contributed by atoms with Gasteiger partial charge in [0.05, 0.1) is 23.9 Å². The average Bonchev–Trinajstić information content (AvgIpc) is 3.39. The van der Waals surface area contributed by atoms with Crippen LogP contribution in [-0.4, -0.2) is 37.8 Å². The molecule has 8 nitrogen and oxygen atoms in total. The molecule has 3 aromatic rings. The molecule has 1 atom stereocenters. The quantitative estimate of drug-likeness (QED) is 0.500. The molecule has 0 saturated heterocycles. The number of carbonyl (C=O) groups excluding carboxylic acids is 2. The van der Waals surface area contributed by atoms with Crippen LogP contribution >= 0.6 is 0 Å². The van der Waals surface area contributed by atoms with Gasteiger partial charge in [0, 0.05) is 29.9 Å². The Hall–Kier alpha value is -3.30. The number of ether oxygens (including phenoxy) is 1. The van der Waals surface area contributed by atoms with Crippen molar-refractivity contribution in [1.29, 1.82) is 0 Å². The summed E-state index contributed by atoms with van der Waals surface area (Å²) < 4.78 is 33.8. The van der Waals surface area contributed by atoms with Gasteiger partial charge >= 0.3 is 6.09 Å². The summed E-state index contributed by atoms with van der Waals surface area (Å²) in [4.78, 5) is 29.7. The number of aromatic nitrogens is 4. The Morgan fingerprint density at radius 3 is 2.78 bits per heavy atom. The molecule has 0 aliphatic heterocycles. The lowest BCUT2D eigenvalue weighted by molar-refractivity contribution is -0.117. The van der Waals surface area contributed by atoms with Gasteiger partial charge in [0.1, 0.15) is 11.5 Å². The third kappa shape index (κ3) is 4.63. The summed E-state index contributed by atoms with van der Waals surface area (Å²) >= 11 is 0. The number of halogens is 2. The van der Waals surface area contributed by atoms with E-state index in [4.69, 9.17) is 4.74 Å². The van der Waals surface area contributed by atoms with Crippen LogP contribution in [0.25, 0.3) is 5.65 Å². The number of pyridine rings is 1. The third-order valence-corrected chi connectivity index (χ3v) is 5.46. The number of anilines is 1. The maximum atomic E-state index is 12.9. The zero-order valence-electron chi connectivity index (χ0n) is 17.9. The summed E-state index contributed by atoms with van der Waals surface area (Å²) in [7, 11) is 0. The zero-order valence-corrected chi connectivity index (χ0v) is 17.9. The zero-order chi connectivity index (χ0) is 22.8. The number of hydrogen-bond donors (Lipinski definition) is 1. The van der Waals surface area contributed by atoms with Crippen LogP contribution in [0.2, 0.25) is 0 Å². The van der Waals surface area contributed by atoms with Crippen molar-refractivity contribution in [3.63, 3.8) is 0 Å². The second kappa shape index (κ2) is 9.05. The summed E-state index contributed by atoms with van der Waals surface area (Å²) in [5, 5.41) is 7.08. The molecule has 0 aromatic carbocycles. The minimum atomic E-state index is -2.60. The minimum Gasteiger partial charge on any atom is -0.448 e. The van der Waals surface area contributed by atoms with Gasteiger partial charge in [0.15, 0.2) is 0 Å². The Morgan fingerprint density at radius 1 is 1.31 bits per heavy atom. The molecule has 32 heavy (non-hydrogen) atoms. The minimum absolute atomic E-state index is 0.134. The van der Waals surface area contributed by atoms with Crippen LogP contribution < -0.4 is 5.32 Å². The fraction of sp³-hybridized carbons (Fsp3) is 0.455. The van der Waals surface area contributed by atoms with Crippen LogP contribution in [-0.2, 0) is 9.53 Å². The van der Waals surface area contributed by atoms with Crippen molar-refractivity contribution in [3.05, 3.63) is 47.5 Å². The van der Waals surface area contributed by atoms with Crippen molar-refractivity contribution in [2.75, 3.05) is 11.9 Å². The molecule has 1 amide bonds. The molecule has 10 heteroatoms. The highest BCUT2D eigenvalue weighted by Gasteiger charge is 2.30. The van der Waals surface area contributed by atoms with E-state index in [-0.39, 0.29) is 23.9 Å². The number of hydrogen-bond acceptors (Lipinski definition) is 5. The normalized spacial score (nSPS) is 14.7. The van der Waals surface area contributed by atoms with Gasteiger partial charge in [-0.25, -0.2) is 18.6 Å². The molecule has 170 valence electrons. The number of fused-ring (bicyclic) bond motifs is 1. The van der Waals surface area contributed by atoms with Crippen molar-refractivity contribution in [2.24, 2.45) is 0 Å². The Balaban J connectivity index is 1.52. The van der Waals surface area contributed by atoms with Gasteiger partial charge in [-0.15, -0.1) is 4.68 Å². The molecule has 1 unspecified atom stereocenters. The number of nitrogens with zero attached hydrogens (tertiary/aromatic N) is 4. The SMILES string of the molecule is CCCCOC(=O)n1nc(C2CC2)cc1NC(=O)C(C)c1cn2ccc(C(F)F)cc2n1. The molecule has 0 spiro atoms. The van der Waals surface area contributed by atoms with E-state index >= 15 is 0 Å². The van der Waals surface area contributed by atoms with Crippen molar-refractivity contribution >= 4 is 23.5 Å². The molecule has 4 rings (SSSR count). The Morgan fingerprint density at radius 2 is 2.09 bits per heavy atom. The van der Waals surface area contributed by atoms with E-state index in [2.05, 4.69) is 15.4 Å². The Bertz CT molecular complexity index is 1140. The number of unbranched alkanes of at least 4 members (excludes halogenated alkanes) is 1. The lowest BCUT2D eigenvalue weighted by atomic mass is 10.1. The van der Waals surface area contributed by atoms with Gasteiger partial charge in [-0.3, -0.25) is 4.79 Å². The number of nitrogens with one attached hydrogen (secondary N) is 1. The van der Waals surface area contributed by atoms with Crippen LogP contribution in [0.1, 0.15) is 74.7 Å². The van der Waals surface area contributed by atoms with Gasteiger partial charge in [-0.1, -0.05) is 13.3 Å². The van der Waals surface area contributed by atoms with E-state index in [9.17, 15) is 18.4 Å². The number of rotatable bonds is 8. The second-order valence-corrected chi connectivity index (χ2v) is 8.01. The van der Waals surface area contributed by atoms with Gasteiger partial charge in [-0.2, -0.15) is 5.10 Å². The monoisotopic (exact) mass is 445 g/mol. The van der Waals surface area contributed by atoms with Gasteiger partial charge < -0.3 is 14.5 Å². The fourth-order valence-electron chi connectivity index (χ4n) is 3.30. The van der Waals surface area contributed by atoms with Crippen molar-refractivity contribution < 1.29 is 23.1 Å². The number of imidazole rings is 1. The van der Waals surface area contributed by atoms with Crippen LogP contribution in [0.4, 0.5) is 19.4 Å². The second-order valence-electron chi connectivity index (χ2n) is 8.01. The molecule has 1 fully saturated rings. The number of amides is 1. The summed E-state index contributed by atoms with van der Waals surface area (Å²) in [6.07, 6.45) is 3.49. The molecule has 1 aliphatic carbocycles. The number of alkyl halides is 2. The lowest BCUT2D eigenvalue weighted by Gasteiger charge is -2.11. The summed E-state index contributed by atoms with van der Waals surface area (Å²) in [5.74, 6) is -0.551. The maximum absolute atomic E-state index is 12.9. The summed E-state index contributed by atoms with van der Waals surface area (Å²) in [6.45, 7) is 3.93. The smallest absolute Gasteiger partial charge is 0.436 e. The summed E-state index contributed by atoms with van der Waals surface area (Å²) in [5.41, 5.74) is 1.36. The molecular formula is C22H25F2N5O3. The predicted molar refractivity (Wildman–Crippen MR) is 113 cm³/mol. The van der Waals surface area contributed by atoms with Crippen molar-refractivity contribution in [3.8, 4) is 0 Å². The van der Waals surface area contributed by atoms with Crippen molar-refractivity contribution in [2.45, 2.75) is 57.8 Å². The molecule has 1 N–H and O–H groups in total. The molecule has 1 aliphatic rings. The number of carbonyl (C=O) groups is 2. The van der Waals surface area contributed by atoms with Crippen LogP contribution in [0.15, 0.2) is 30.6 Å². The highest BCUT2D eigenvalue weighted by atomic mass is 19.3. The van der Waals surface area contributed by atoms with E-state index < -0.39 is 24.3 Å². The van der Waals surface area contributed by atoms with Gasteiger partial charge in [0.25, 0.3) is 6.43 Å². The first kappa shape index (κ1) is 21.9. The molecule has 0 bridgehead atoms. The van der Waals surface area contributed by atoms with Gasteiger partial charge in [-0.05, 0) is 38.3 Å². The van der Waals surface area contributed by atoms with Crippen LogP contribution in [0, 0.1) is 0 Å². The van der Waals surface area contributed by atoms with Gasteiger partial charge in [0.2, 0.25) is 5.91 Å². The van der Waals surface area contributed by atoms with E-state index in [0.717, 1.165) is 36.1 Å². The maximum Gasteiger partial charge on any atom is 0.436 e. The fourth-order valence-corrected chi connectivity index (χ4v) is 3.30. The standard InChI is InChI=1S/C22H25F2N5O3/c1-3-4-9-32-22(31)29-19(11-16(27-29)14-5-6-14)26-21(30)13(2)17-12-28-8-7-15(20(23)24)10-18(28)25-17/h7-8,10-14,20H,3-6,9H2,1-2H3,(H,26,30). The molecule has 3 aromatic heterocycles.